The third-order valence-corrected chi connectivity index (χ3v) is 2.89. The molecule has 1 aromatic heterocycles. The number of H-pyrrole nitrogens is 1. The second kappa shape index (κ2) is 5.29. The molecule has 0 spiro atoms. The van der Waals surface area contributed by atoms with Crippen LogP contribution in [0.1, 0.15) is 18.3 Å². The van der Waals surface area contributed by atoms with Gasteiger partial charge in [-0.15, -0.1) is 0 Å². The number of nitrogens with one attached hydrogen (secondary N) is 1. The Hall–Kier alpha value is -1.39. The van der Waals surface area contributed by atoms with E-state index in [4.69, 9.17) is 5.73 Å². The largest absolute Gasteiger partial charge is 0.342 e. The van der Waals surface area contributed by atoms with Crippen molar-refractivity contribution in [2.24, 2.45) is 5.73 Å². The standard InChI is InChI=1S/C13H20N4/c1-3-13-15-11-5-4-10(8-12(11)16-13)9-17(2)7-6-14/h4-5,8H,3,6-7,9,14H2,1-2H3,(H,15,16). The molecule has 0 bridgehead atoms. The zero-order chi connectivity index (χ0) is 12.3. The average molecular weight is 232 g/mol. The van der Waals surface area contributed by atoms with Crippen molar-refractivity contribution in [2.75, 3.05) is 20.1 Å². The zero-order valence-corrected chi connectivity index (χ0v) is 10.5. The van der Waals surface area contributed by atoms with Crippen molar-refractivity contribution in [3.05, 3.63) is 29.6 Å². The predicted octanol–water partition coefficient (Wildman–Crippen LogP) is 1.52. The second-order valence-electron chi connectivity index (χ2n) is 4.42. The van der Waals surface area contributed by atoms with E-state index in [-0.39, 0.29) is 0 Å². The van der Waals surface area contributed by atoms with Crippen molar-refractivity contribution < 1.29 is 0 Å². The lowest BCUT2D eigenvalue weighted by Gasteiger charge is -2.15. The summed E-state index contributed by atoms with van der Waals surface area (Å²) < 4.78 is 0. The number of aromatic nitrogens is 2. The molecule has 0 radical (unpaired) electrons. The van der Waals surface area contributed by atoms with E-state index in [9.17, 15) is 0 Å². The lowest BCUT2D eigenvalue weighted by Crippen LogP contribution is -2.24. The van der Waals surface area contributed by atoms with Gasteiger partial charge in [0.1, 0.15) is 5.82 Å². The van der Waals surface area contributed by atoms with Gasteiger partial charge in [-0.05, 0) is 24.7 Å². The van der Waals surface area contributed by atoms with Crippen LogP contribution in [0.3, 0.4) is 0 Å². The number of nitrogens with zero attached hydrogens (tertiary/aromatic N) is 2. The van der Waals surface area contributed by atoms with Gasteiger partial charge in [0.05, 0.1) is 11.0 Å². The average Bonchev–Trinajstić information content (AvgIpc) is 2.71. The molecule has 0 fully saturated rings. The molecule has 0 saturated heterocycles. The molecule has 17 heavy (non-hydrogen) atoms. The molecule has 1 aromatic carbocycles. The van der Waals surface area contributed by atoms with E-state index in [2.05, 4.69) is 47.0 Å². The van der Waals surface area contributed by atoms with Gasteiger partial charge >= 0.3 is 0 Å². The Balaban J connectivity index is 2.19. The fraction of sp³-hybridized carbons (Fsp3) is 0.462. The molecule has 92 valence electrons. The Morgan fingerprint density at radius 2 is 2.24 bits per heavy atom. The van der Waals surface area contributed by atoms with Crippen LogP contribution in [0, 0.1) is 0 Å². The number of benzene rings is 1. The van der Waals surface area contributed by atoms with Crippen molar-refractivity contribution in [3.63, 3.8) is 0 Å². The molecule has 0 atom stereocenters. The summed E-state index contributed by atoms with van der Waals surface area (Å²) in [6.45, 7) is 4.64. The number of hydrogen-bond acceptors (Lipinski definition) is 3. The number of imidazole rings is 1. The summed E-state index contributed by atoms with van der Waals surface area (Å²) >= 11 is 0. The Kier molecular flexibility index (Phi) is 3.76. The van der Waals surface area contributed by atoms with Crippen LogP contribution in [0.2, 0.25) is 0 Å². The van der Waals surface area contributed by atoms with Gasteiger partial charge in [0.2, 0.25) is 0 Å². The third kappa shape index (κ3) is 2.84. The zero-order valence-electron chi connectivity index (χ0n) is 10.5. The summed E-state index contributed by atoms with van der Waals surface area (Å²) in [6.07, 6.45) is 0.942. The summed E-state index contributed by atoms with van der Waals surface area (Å²) in [7, 11) is 2.08. The van der Waals surface area contributed by atoms with Gasteiger partial charge in [0.25, 0.3) is 0 Å². The van der Waals surface area contributed by atoms with Crippen LogP contribution < -0.4 is 5.73 Å². The summed E-state index contributed by atoms with van der Waals surface area (Å²) in [5.41, 5.74) is 9.00. The highest BCUT2D eigenvalue weighted by Crippen LogP contribution is 2.15. The summed E-state index contributed by atoms with van der Waals surface area (Å²) in [4.78, 5) is 10.1. The minimum absolute atomic E-state index is 0.697. The molecule has 2 rings (SSSR count). The van der Waals surface area contributed by atoms with Crippen molar-refractivity contribution in [2.45, 2.75) is 19.9 Å². The molecule has 3 N–H and O–H groups in total. The van der Waals surface area contributed by atoms with E-state index in [0.29, 0.717) is 6.54 Å². The van der Waals surface area contributed by atoms with Gasteiger partial charge in [0, 0.05) is 26.1 Å². The second-order valence-corrected chi connectivity index (χ2v) is 4.42. The van der Waals surface area contributed by atoms with Gasteiger partial charge in [0.15, 0.2) is 0 Å². The Morgan fingerprint density at radius 3 is 2.94 bits per heavy atom. The topological polar surface area (TPSA) is 57.9 Å². The molecule has 0 aliphatic rings. The number of fused-ring (bicyclic) bond motifs is 1. The molecule has 0 unspecified atom stereocenters. The van der Waals surface area contributed by atoms with Crippen LogP contribution in [-0.2, 0) is 13.0 Å². The first kappa shape index (κ1) is 12.1. The van der Waals surface area contributed by atoms with Crippen LogP contribution >= 0.6 is 0 Å². The van der Waals surface area contributed by atoms with Gasteiger partial charge in [-0.25, -0.2) is 4.98 Å². The molecule has 0 aliphatic heterocycles. The minimum atomic E-state index is 0.697. The highest BCUT2D eigenvalue weighted by molar-refractivity contribution is 5.75. The van der Waals surface area contributed by atoms with E-state index < -0.39 is 0 Å². The van der Waals surface area contributed by atoms with E-state index in [1.807, 2.05) is 0 Å². The van der Waals surface area contributed by atoms with E-state index >= 15 is 0 Å². The number of likely N-dealkylation sites (N-methyl/N-ethyl adjacent to an activating group) is 1. The lowest BCUT2D eigenvalue weighted by molar-refractivity contribution is 0.336. The molecule has 4 heteroatoms. The first-order valence-electron chi connectivity index (χ1n) is 6.09. The fourth-order valence-corrected chi connectivity index (χ4v) is 1.99. The molecule has 0 saturated carbocycles. The van der Waals surface area contributed by atoms with Crippen molar-refractivity contribution in [1.29, 1.82) is 0 Å². The highest BCUT2D eigenvalue weighted by Gasteiger charge is 2.04. The Labute approximate surface area is 102 Å². The van der Waals surface area contributed by atoms with Gasteiger partial charge in [-0.3, -0.25) is 0 Å². The highest BCUT2D eigenvalue weighted by atomic mass is 15.1. The van der Waals surface area contributed by atoms with E-state index in [0.717, 1.165) is 36.4 Å². The minimum Gasteiger partial charge on any atom is -0.342 e. The Bertz CT molecular complexity index is 489. The van der Waals surface area contributed by atoms with Gasteiger partial charge in [-0.1, -0.05) is 13.0 Å². The molecule has 0 amide bonds. The predicted molar refractivity (Wildman–Crippen MR) is 70.9 cm³/mol. The van der Waals surface area contributed by atoms with Crippen molar-refractivity contribution in [3.8, 4) is 0 Å². The van der Waals surface area contributed by atoms with Crippen LogP contribution in [-0.4, -0.2) is 35.0 Å². The van der Waals surface area contributed by atoms with Crippen molar-refractivity contribution in [1.82, 2.24) is 14.9 Å². The number of aromatic amines is 1. The van der Waals surface area contributed by atoms with Gasteiger partial charge in [-0.2, -0.15) is 0 Å². The maximum absolute atomic E-state index is 5.54. The van der Waals surface area contributed by atoms with Crippen LogP contribution in [0.4, 0.5) is 0 Å². The fourth-order valence-electron chi connectivity index (χ4n) is 1.99. The first-order valence-corrected chi connectivity index (χ1v) is 6.09. The van der Waals surface area contributed by atoms with E-state index in [1.165, 1.54) is 5.56 Å². The van der Waals surface area contributed by atoms with E-state index in [1.54, 1.807) is 0 Å². The Morgan fingerprint density at radius 1 is 1.41 bits per heavy atom. The van der Waals surface area contributed by atoms with Gasteiger partial charge < -0.3 is 15.6 Å². The lowest BCUT2D eigenvalue weighted by atomic mass is 10.2. The molecular weight excluding hydrogens is 212 g/mol. The maximum atomic E-state index is 5.54. The maximum Gasteiger partial charge on any atom is 0.106 e. The number of nitrogens with two attached hydrogens (primary N) is 1. The molecule has 1 heterocycles. The molecule has 4 nitrogen and oxygen atoms in total. The van der Waals surface area contributed by atoms with Crippen LogP contribution in [0.25, 0.3) is 11.0 Å². The summed E-state index contributed by atoms with van der Waals surface area (Å²) in [5, 5.41) is 0. The SMILES string of the molecule is CCc1nc2ccc(CN(C)CCN)cc2[nH]1. The number of aryl methyl sites for hydroxylation is 1. The van der Waals surface area contributed by atoms with Crippen LogP contribution in [0.5, 0.6) is 0 Å². The molecular formula is C13H20N4. The van der Waals surface area contributed by atoms with Crippen LogP contribution in [0.15, 0.2) is 18.2 Å². The van der Waals surface area contributed by atoms with Crippen molar-refractivity contribution >= 4 is 11.0 Å². The summed E-state index contributed by atoms with van der Waals surface area (Å²) in [5.74, 6) is 1.05. The monoisotopic (exact) mass is 232 g/mol. The first-order chi connectivity index (χ1) is 8.22. The smallest absolute Gasteiger partial charge is 0.106 e. The quantitative estimate of drug-likeness (QED) is 0.821. The molecule has 0 aliphatic carbocycles. The summed E-state index contributed by atoms with van der Waals surface area (Å²) in [6, 6.07) is 6.39. The number of hydrogen-bond donors (Lipinski definition) is 2. The number of rotatable bonds is 5. The third-order valence-electron chi connectivity index (χ3n) is 2.89. The normalized spacial score (nSPS) is 11.5. The molecule has 2 aromatic rings.